The number of aryl methyl sites for hydroxylation is 4. The number of aromatic nitrogens is 4. The van der Waals surface area contributed by atoms with Gasteiger partial charge in [0.2, 0.25) is 10.0 Å². The highest BCUT2D eigenvalue weighted by molar-refractivity contribution is 7.89. The van der Waals surface area contributed by atoms with Gasteiger partial charge in [-0.15, -0.1) is 0 Å². The molecule has 0 radical (unpaired) electrons. The molecule has 0 aliphatic heterocycles. The zero-order valence-electron chi connectivity index (χ0n) is 16.3. The van der Waals surface area contributed by atoms with Crippen molar-refractivity contribution < 1.29 is 8.42 Å². The van der Waals surface area contributed by atoms with E-state index in [1.165, 1.54) is 0 Å². The van der Waals surface area contributed by atoms with E-state index >= 15 is 0 Å². The highest BCUT2D eigenvalue weighted by atomic mass is 32.2. The average Bonchev–Trinajstić information content (AvgIpc) is 3.06. The van der Waals surface area contributed by atoms with Gasteiger partial charge in [-0.2, -0.15) is 10.2 Å². The monoisotopic (exact) mass is 387 g/mol. The lowest BCUT2D eigenvalue weighted by molar-refractivity contribution is 0.580. The molecule has 0 atom stereocenters. The molecule has 1 aromatic carbocycles. The molecular formula is C19H25N5O2S. The van der Waals surface area contributed by atoms with Gasteiger partial charge in [0.15, 0.2) is 0 Å². The van der Waals surface area contributed by atoms with Gasteiger partial charge >= 0.3 is 0 Å². The first-order valence-corrected chi connectivity index (χ1v) is 10.3. The van der Waals surface area contributed by atoms with Crippen LogP contribution in [0.5, 0.6) is 0 Å². The van der Waals surface area contributed by atoms with Crippen molar-refractivity contribution in [2.75, 3.05) is 6.54 Å². The van der Waals surface area contributed by atoms with E-state index in [2.05, 4.69) is 14.9 Å². The highest BCUT2D eigenvalue weighted by Crippen LogP contribution is 2.18. The van der Waals surface area contributed by atoms with Crippen LogP contribution in [-0.4, -0.2) is 34.5 Å². The minimum absolute atomic E-state index is 0.268. The van der Waals surface area contributed by atoms with Gasteiger partial charge in [-0.3, -0.25) is 4.68 Å². The molecule has 0 amide bonds. The molecule has 0 saturated heterocycles. The quantitative estimate of drug-likeness (QED) is 0.704. The summed E-state index contributed by atoms with van der Waals surface area (Å²) in [7, 11) is -1.83. The SMILES string of the molecule is Cc1cc(C)n(-c2ccc(CCNS(=O)(=O)c3c(C)nn(C)c3C)cc2)n1. The Kier molecular flexibility index (Phi) is 5.21. The van der Waals surface area contributed by atoms with Crippen molar-refractivity contribution in [1.29, 1.82) is 0 Å². The molecule has 0 bridgehead atoms. The largest absolute Gasteiger partial charge is 0.271 e. The zero-order chi connectivity index (χ0) is 19.8. The summed E-state index contributed by atoms with van der Waals surface area (Å²) >= 11 is 0. The molecule has 0 aliphatic rings. The van der Waals surface area contributed by atoms with Crippen molar-refractivity contribution in [3.63, 3.8) is 0 Å². The first-order chi connectivity index (χ1) is 12.7. The van der Waals surface area contributed by atoms with Crippen molar-refractivity contribution in [2.45, 2.75) is 39.0 Å². The fraction of sp³-hybridized carbons (Fsp3) is 0.368. The summed E-state index contributed by atoms with van der Waals surface area (Å²) in [6.45, 7) is 7.78. The summed E-state index contributed by atoms with van der Waals surface area (Å²) < 4.78 is 31.3. The van der Waals surface area contributed by atoms with Crippen LogP contribution in [0.25, 0.3) is 5.69 Å². The number of benzene rings is 1. The lowest BCUT2D eigenvalue weighted by atomic mass is 10.1. The van der Waals surface area contributed by atoms with Gasteiger partial charge in [-0.1, -0.05) is 12.1 Å². The summed E-state index contributed by atoms with van der Waals surface area (Å²) in [5, 5.41) is 8.65. The second kappa shape index (κ2) is 7.28. The molecule has 144 valence electrons. The van der Waals surface area contributed by atoms with E-state index in [9.17, 15) is 8.42 Å². The Morgan fingerprint density at radius 2 is 1.70 bits per heavy atom. The summed E-state index contributed by atoms with van der Waals surface area (Å²) in [5.74, 6) is 0. The van der Waals surface area contributed by atoms with Gasteiger partial charge in [-0.05, 0) is 57.9 Å². The standard InChI is InChI=1S/C19H25N5O2S/c1-13-12-14(2)24(21-13)18-8-6-17(7-9-18)10-11-20-27(25,26)19-15(3)22-23(5)16(19)4/h6-9,12,20H,10-11H2,1-5H3. The summed E-state index contributed by atoms with van der Waals surface area (Å²) in [4.78, 5) is 0.268. The van der Waals surface area contributed by atoms with Crippen LogP contribution in [0.2, 0.25) is 0 Å². The molecule has 2 aromatic heterocycles. The Morgan fingerprint density at radius 3 is 2.22 bits per heavy atom. The van der Waals surface area contributed by atoms with Crippen molar-refractivity contribution in [2.24, 2.45) is 7.05 Å². The molecular weight excluding hydrogens is 362 g/mol. The normalized spacial score (nSPS) is 11.9. The van der Waals surface area contributed by atoms with Crippen LogP contribution in [0.3, 0.4) is 0 Å². The zero-order valence-corrected chi connectivity index (χ0v) is 17.1. The topological polar surface area (TPSA) is 81.8 Å². The molecule has 1 N–H and O–H groups in total. The predicted octanol–water partition coefficient (Wildman–Crippen LogP) is 2.36. The second-order valence-corrected chi connectivity index (χ2v) is 8.48. The summed E-state index contributed by atoms with van der Waals surface area (Å²) in [5.41, 5.74) is 5.25. The molecule has 27 heavy (non-hydrogen) atoms. The summed E-state index contributed by atoms with van der Waals surface area (Å²) in [6.07, 6.45) is 0.606. The number of hydrogen-bond donors (Lipinski definition) is 1. The Morgan fingerprint density at radius 1 is 1.04 bits per heavy atom. The van der Waals surface area contributed by atoms with E-state index in [4.69, 9.17) is 0 Å². The predicted molar refractivity (Wildman–Crippen MR) is 105 cm³/mol. The van der Waals surface area contributed by atoms with Crippen molar-refractivity contribution in [3.8, 4) is 5.69 Å². The van der Waals surface area contributed by atoms with Crippen LogP contribution < -0.4 is 4.72 Å². The molecule has 7 nitrogen and oxygen atoms in total. The van der Waals surface area contributed by atoms with E-state index in [0.29, 0.717) is 24.4 Å². The molecule has 2 heterocycles. The number of nitrogens with zero attached hydrogens (tertiary/aromatic N) is 4. The molecule has 0 saturated carbocycles. The van der Waals surface area contributed by atoms with Gasteiger partial charge in [-0.25, -0.2) is 17.8 Å². The number of hydrogen-bond acceptors (Lipinski definition) is 4. The maximum atomic E-state index is 12.6. The fourth-order valence-electron chi connectivity index (χ4n) is 3.24. The summed E-state index contributed by atoms with van der Waals surface area (Å²) in [6, 6.07) is 10.0. The number of nitrogens with one attached hydrogen (secondary N) is 1. The first-order valence-electron chi connectivity index (χ1n) is 8.81. The van der Waals surface area contributed by atoms with Crippen LogP contribution >= 0.6 is 0 Å². The molecule has 3 rings (SSSR count). The van der Waals surface area contributed by atoms with E-state index in [1.54, 1.807) is 25.6 Å². The van der Waals surface area contributed by atoms with E-state index in [-0.39, 0.29) is 4.90 Å². The fourth-order valence-corrected chi connectivity index (χ4v) is 4.70. The van der Waals surface area contributed by atoms with Gasteiger partial charge < -0.3 is 0 Å². The van der Waals surface area contributed by atoms with E-state index < -0.39 is 10.0 Å². The van der Waals surface area contributed by atoms with Crippen molar-refractivity contribution >= 4 is 10.0 Å². The van der Waals surface area contributed by atoms with Gasteiger partial charge in [0, 0.05) is 19.3 Å². The second-order valence-electron chi connectivity index (χ2n) is 6.78. The van der Waals surface area contributed by atoms with Crippen LogP contribution in [0, 0.1) is 27.7 Å². The Balaban J connectivity index is 1.66. The van der Waals surface area contributed by atoms with Gasteiger partial charge in [0.25, 0.3) is 0 Å². The molecule has 0 aliphatic carbocycles. The Labute approximate surface area is 160 Å². The first kappa shape index (κ1) is 19.3. The molecule has 8 heteroatoms. The highest BCUT2D eigenvalue weighted by Gasteiger charge is 2.23. The molecule has 0 fully saturated rings. The smallest absolute Gasteiger partial charge is 0.244 e. The third-order valence-corrected chi connectivity index (χ3v) is 6.32. The van der Waals surface area contributed by atoms with Crippen LogP contribution in [-0.2, 0) is 23.5 Å². The average molecular weight is 388 g/mol. The van der Waals surface area contributed by atoms with Crippen molar-refractivity contribution in [1.82, 2.24) is 24.3 Å². The van der Waals surface area contributed by atoms with Crippen LogP contribution in [0.1, 0.15) is 28.3 Å². The third-order valence-electron chi connectivity index (χ3n) is 4.61. The lowest BCUT2D eigenvalue weighted by Crippen LogP contribution is -2.27. The lowest BCUT2D eigenvalue weighted by Gasteiger charge is -2.09. The maximum absolute atomic E-state index is 12.6. The molecule has 3 aromatic rings. The van der Waals surface area contributed by atoms with Gasteiger partial charge in [0.1, 0.15) is 4.90 Å². The van der Waals surface area contributed by atoms with Gasteiger partial charge in [0.05, 0.1) is 22.8 Å². The number of sulfonamides is 1. The molecule has 0 spiro atoms. The van der Waals surface area contributed by atoms with Crippen molar-refractivity contribution in [3.05, 3.63) is 58.7 Å². The van der Waals surface area contributed by atoms with E-state index in [0.717, 1.165) is 22.6 Å². The number of rotatable bonds is 6. The Hall–Kier alpha value is -2.45. The van der Waals surface area contributed by atoms with Crippen LogP contribution in [0.4, 0.5) is 0 Å². The Bertz CT molecular complexity index is 1060. The van der Waals surface area contributed by atoms with Crippen LogP contribution in [0.15, 0.2) is 35.2 Å². The molecule has 0 unspecified atom stereocenters. The minimum atomic E-state index is -3.57. The minimum Gasteiger partial charge on any atom is -0.271 e. The maximum Gasteiger partial charge on any atom is 0.244 e. The van der Waals surface area contributed by atoms with E-state index in [1.807, 2.05) is 48.9 Å². The third kappa shape index (κ3) is 3.96.